The van der Waals surface area contributed by atoms with Crippen molar-refractivity contribution < 1.29 is 9.84 Å². The normalized spacial score (nSPS) is 25.6. The van der Waals surface area contributed by atoms with E-state index in [1.165, 1.54) is 25.7 Å². The standard InChI is InChI=1S/C15H18N2O2/c18-14-12-4-3-7-16-13(12)9-17(14)11-8-15(19-10-11)5-1-2-6-15/h3-4,7,9,11,18H,1-2,5-6,8,10H2. The molecule has 1 aliphatic carbocycles. The molecule has 0 amide bonds. The molecule has 0 bridgehead atoms. The van der Waals surface area contributed by atoms with Crippen LogP contribution < -0.4 is 0 Å². The smallest absolute Gasteiger partial charge is 0.201 e. The van der Waals surface area contributed by atoms with Crippen LogP contribution in [0.15, 0.2) is 24.5 Å². The molecule has 19 heavy (non-hydrogen) atoms. The van der Waals surface area contributed by atoms with Crippen molar-refractivity contribution in [2.45, 2.75) is 43.7 Å². The molecular formula is C15H18N2O2. The van der Waals surface area contributed by atoms with E-state index in [9.17, 15) is 5.11 Å². The Morgan fingerprint density at radius 1 is 1.37 bits per heavy atom. The average Bonchev–Trinajstić information content (AvgIpc) is 3.13. The van der Waals surface area contributed by atoms with E-state index < -0.39 is 0 Å². The van der Waals surface area contributed by atoms with E-state index in [0.29, 0.717) is 12.5 Å². The van der Waals surface area contributed by atoms with Crippen LogP contribution in [0.4, 0.5) is 0 Å². The van der Waals surface area contributed by atoms with Gasteiger partial charge in [0, 0.05) is 12.4 Å². The van der Waals surface area contributed by atoms with Crippen LogP contribution in [0, 0.1) is 0 Å². The van der Waals surface area contributed by atoms with Crippen LogP contribution in [0.1, 0.15) is 38.1 Å². The summed E-state index contributed by atoms with van der Waals surface area (Å²) < 4.78 is 8.02. The number of aromatic nitrogens is 2. The van der Waals surface area contributed by atoms with E-state index in [-0.39, 0.29) is 11.6 Å². The summed E-state index contributed by atoms with van der Waals surface area (Å²) in [7, 11) is 0. The first-order valence-electron chi connectivity index (χ1n) is 7.06. The molecule has 0 radical (unpaired) electrons. The van der Waals surface area contributed by atoms with E-state index in [1.54, 1.807) is 6.20 Å². The van der Waals surface area contributed by atoms with E-state index >= 15 is 0 Å². The fraction of sp³-hybridized carbons (Fsp3) is 0.533. The Balaban J connectivity index is 1.70. The van der Waals surface area contributed by atoms with Gasteiger partial charge in [0.05, 0.1) is 29.2 Å². The number of fused-ring (bicyclic) bond motifs is 1. The highest BCUT2D eigenvalue weighted by Crippen LogP contribution is 2.46. The van der Waals surface area contributed by atoms with E-state index in [2.05, 4.69) is 4.98 Å². The predicted molar refractivity (Wildman–Crippen MR) is 72.2 cm³/mol. The summed E-state index contributed by atoms with van der Waals surface area (Å²) in [5, 5.41) is 11.2. The number of hydrogen-bond acceptors (Lipinski definition) is 3. The van der Waals surface area contributed by atoms with Gasteiger partial charge in [0.1, 0.15) is 0 Å². The molecule has 3 heterocycles. The molecule has 100 valence electrons. The summed E-state index contributed by atoms with van der Waals surface area (Å²) in [6.45, 7) is 0.703. The lowest BCUT2D eigenvalue weighted by Crippen LogP contribution is -2.22. The zero-order valence-electron chi connectivity index (χ0n) is 10.9. The molecule has 1 saturated carbocycles. The Kier molecular flexibility index (Phi) is 2.36. The van der Waals surface area contributed by atoms with Gasteiger partial charge in [0.25, 0.3) is 0 Å². The average molecular weight is 258 g/mol. The Morgan fingerprint density at radius 3 is 3.00 bits per heavy atom. The minimum absolute atomic E-state index is 0.0843. The molecule has 4 nitrogen and oxygen atoms in total. The Morgan fingerprint density at radius 2 is 2.21 bits per heavy atom. The van der Waals surface area contributed by atoms with Crippen molar-refractivity contribution in [3.8, 4) is 5.88 Å². The van der Waals surface area contributed by atoms with Crippen LogP contribution in [0.3, 0.4) is 0 Å². The second-order valence-corrected chi connectivity index (χ2v) is 5.86. The second kappa shape index (κ2) is 3.97. The Bertz CT molecular complexity index is 614. The summed E-state index contributed by atoms with van der Waals surface area (Å²) in [5.41, 5.74) is 0.938. The van der Waals surface area contributed by atoms with Gasteiger partial charge < -0.3 is 14.4 Å². The molecule has 2 fully saturated rings. The monoisotopic (exact) mass is 258 g/mol. The first kappa shape index (κ1) is 11.3. The van der Waals surface area contributed by atoms with Gasteiger partial charge in [-0.25, -0.2) is 0 Å². The quantitative estimate of drug-likeness (QED) is 0.855. The summed E-state index contributed by atoms with van der Waals surface area (Å²) >= 11 is 0. The highest BCUT2D eigenvalue weighted by Gasteiger charge is 2.43. The van der Waals surface area contributed by atoms with Gasteiger partial charge >= 0.3 is 0 Å². The minimum atomic E-state index is 0.0843. The lowest BCUT2D eigenvalue weighted by molar-refractivity contribution is 0.00953. The Labute approximate surface area is 112 Å². The third-order valence-electron chi connectivity index (χ3n) is 4.68. The van der Waals surface area contributed by atoms with Gasteiger partial charge in [0.2, 0.25) is 5.88 Å². The number of aromatic hydroxyl groups is 1. The van der Waals surface area contributed by atoms with Gasteiger partial charge in [-0.05, 0) is 31.4 Å². The van der Waals surface area contributed by atoms with Crippen LogP contribution in [-0.2, 0) is 4.74 Å². The maximum atomic E-state index is 10.3. The fourth-order valence-corrected chi connectivity index (χ4v) is 3.69. The maximum absolute atomic E-state index is 10.3. The highest BCUT2D eigenvalue weighted by atomic mass is 16.5. The topological polar surface area (TPSA) is 47.3 Å². The predicted octanol–water partition coefficient (Wildman–Crippen LogP) is 3.02. The lowest BCUT2D eigenvalue weighted by Gasteiger charge is -2.21. The van der Waals surface area contributed by atoms with Gasteiger partial charge in [-0.1, -0.05) is 12.8 Å². The lowest BCUT2D eigenvalue weighted by atomic mass is 9.96. The van der Waals surface area contributed by atoms with Crippen LogP contribution in [-0.4, -0.2) is 26.9 Å². The molecule has 1 aliphatic heterocycles. The van der Waals surface area contributed by atoms with Crippen LogP contribution in [0.5, 0.6) is 5.88 Å². The molecule has 1 unspecified atom stereocenters. The SMILES string of the molecule is Oc1c2cccnc2cn1C1COC2(CCCC2)C1. The highest BCUT2D eigenvalue weighted by molar-refractivity contribution is 5.84. The zero-order chi connectivity index (χ0) is 12.9. The van der Waals surface area contributed by atoms with Crippen molar-refractivity contribution in [2.24, 2.45) is 0 Å². The third-order valence-corrected chi connectivity index (χ3v) is 4.68. The summed E-state index contributed by atoms with van der Waals surface area (Å²) in [6, 6.07) is 4.01. The van der Waals surface area contributed by atoms with Crippen LogP contribution in [0.2, 0.25) is 0 Å². The molecule has 1 saturated heterocycles. The number of rotatable bonds is 1. The molecule has 1 atom stereocenters. The number of hydrogen-bond donors (Lipinski definition) is 1. The van der Waals surface area contributed by atoms with Gasteiger partial charge in [-0.15, -0.1) is 0 Å². The van der Waals surface area contributed by atoms with Crippen molar-refractivity contribution in [3.63, 3.8) is 0 Å². The van der Waals surface area contributed by atoms with E-state index in [4.69, 9.17) is 4.74 Å². The number of ether oxygens (including phenoxy) is 1. The molecule has 4 heteroatoms. The van der Waals surface area contributed by atoms with Crippen molar-refractivity contribution in [1.29, 1.82) is 0 Å². The number of nitrogens with zero attached hydrogens (tertiary/aromatic N) is 2. The molecular weight excluding hydrogens is 240 g/mol. The minimum Gasteiger partial charge on any atom is -0.494 e. The molecule has 0 aromatic carbocycles. The largest absolute Gasteiger partial charge is 0.494 e. The van der Waals surface area contributed by atoms with Crippen molar-refractivity contribution >= 4 is 10.9 Å². The fourth-order valence-electron chi connectivity index (χ4n) is 3.69. The van der Waals surface area contributed by atoms with Crippen LogP contribution >= 0.6 is 0 Å². The van der Waals surface area contributed by atoms with Crippen molar-refractivity contribution in [3.05, 3.63) is 24.5 Å². The Hall–Kier alpha value is -1.55. The summed E-state index contributed by atoms with van der Waals surface area (Å²) in [4.78, 5) is 4.30. The van der Waals surface area contributed by atoms with Crippen molar-refractivity contribution in [2.75, 3.05) is 6.61 Å². The summed E-state index contributed by atoms with van der Waals surface area (Å²) in [6.07, 6.45) is 9.61. The number of pyridine rings is 1. The molecule has 1 spiro atoms. The molecule has 2 aliphatic rings. The van der Waals surface area contributed by atoms with E-state index in [1.807, 2.05) is 22.9 Å². The molecule has 1 N–H and O–H groups in total. The van der Waals surface area contributed by atoms with Crippen LogP contribution in [0.25, 0.3) is 10.9 Å². The van der Waals surface area contributed by atoms with Gasteiger partial charge in [0.15, 0.2) is 0 Å². The molecule has 4 rings (SSSR count). The third kappa shape index (κ3) is 1.66. The van der Waals surface area contributed by atoms with Crippen molar-refractivity contribution in [1.82, 2.24) is 9.55 Å². The van der Waals surface area contributed by atoms with Gasteiger partial charge in [-0.2, -0.15) is 0 Å². The first-order chi connectivity index (χ1) is 9.27. The maximum Gasteiger partial charge on any atom is 0.201 e. The van der Waals surface area contributed by atoms with E-state index in [0.717, 1.165) is 17.3 Å². The molecule has 2 aromatic heterocycles. The molecule has 2 aromatic rings. The summed E-state index contributed by atoms with van der Waals surface area (Å²) in [5.74, 6) is 0.326. The second-order valence-electron chi connectivity index (χ2n) is 5.86. The zero-order valence-corrected chi connectivity index (χ0v) is 10.9. The van der Waals surface area contributed by atoms with Gasteiger partial charge in [-0.3, -0.25) is 4.98 Å². The first-order valence-corrected chi connectivity index (χ1v) is 7.06.